The van der Waals surface area contributed by atoms with Crippen LogP contribution < -0.4 is 60.9 Å². The molecule has 11 heteroatoms. The number of pyridine rings is 1. The van der Waals surface area contributed by atoms with E-state index in [0.717, 1.165) is 17.8 Å². The van der Waals surface area contributed by atoms with Crippen molar-refractivity contribution in [2.45, 2.75) is 18.4 Å². The molecule has 1 aromatic carbocycles. The number of aromatic nitrogens is 3. The normalized spacial score (nSPS) is 12.6. The van der Waals surface area contributed by atoms with Gasteiger partial charge in [0, 0.05) is 12.4 Å². The van der Waals surface area contributed by atoms with Crippen LogP contribution in [0.5, 0.6) is 11.6 Å². The van der Waals surface area contributed by atoms with Gasteiger partial charge in [-0.05, 0) is 31.2 Å². The molecule has 4 rings (SSSR count). The van der Waals surface area contributed by atoms with Gasteiger partial charge in [0.05, 0.1) is 29.3 Å². The molecule has 0 saturated carbocycles. The fourth-order valence-electron chi connectivity index (χ4n) is 2.90. The minimum atomic E-state index is -4.23. The maximum absolute atomic E-state index is 13.7. The van der Waals surface area contributed by atoms with Gasteiger partial charge in [-0.15, -0.1) is 5.69 Å². The van der Waals surface area contributed by atoms with E-state index in [0.29, 0.717) is 24.6 Å². The van der Waals surface area contributed by atoms with E-state index in [9.17, 15) is 12.8 Å². The number of sulfonamides is 1. The van der Waals surface area contributed by atoms with Crippen molar-refractivity contribution in [2.24, 2.45) is 0 Å². The Hall–Kier alpha value is -1.50. The molecular weight excluding hydrogens is 426 g/mol. The monoisotopic (exact) mass is 442 g/mol. The summed E-state index contributed by atoms with van der Waals surface area (Å²) in [5.74, 6) is -0.289. The Morgan fingerprint density at radius 2 is 2.14 bits per heavy atom. The Kier molecular flexibility index (Phi) is 6.97. The molecule has 1 aliphatic heterocycles. The van der Waals surface area contributed by atoms with Gasteiger partial charge >= 0.3 is 51.4 Å². The number of nitrogens with zero attached hydrogens (tertiary/aromatic N) is 4. The number of halogens is 1. The first-order valence-corrected chi connectivity index (χ1v) is 9.97. The van der Waals surface area contributed by atoms with Gasteiger partial charge in [-0.25, -0.2) is 17.8 Å². The van der Waals surface area contributed by atoms with E-state index in [2.05, 4.69) is 14.8 Å². The average Bonchev–Trinajstić information content (AvgIpc) is 3.06. The number of fused-ring (bicyclic) bond motifs is 3. The van der Waals surface area contributed by atoms with Gasteiger partial charge in [0.25, 0.3) is 0 Å². The molecule has 0 atom stereocenters. The van der Waals surface area contributed by atoms with E-state index in [1.807, 2.05) is 0 Å². The summed E-state index contributed by atoms with van der Waals surface area (Å²) in [6.07, 6.45) is 2.94. The van der Waals surface area contributed by atoms with E-state index in [1.165, 1.54) is 12.3 Å². The van der Waals surface area contributed by atoms with Crippen molar-refractivity contribution < 1.29 is 73.7 Å². The summed E-state index contributed by atoms with van der Waals surface area (Å²) in [5.41, 5.74) is 1.41. The van der Waals surface area contributed by atoms with Gasteiger partial charge in [-0.1, -0.05) is 6.07 Å². The molecule has 1 aliphatic rings. The van der Waals surface area contributed by atoms with Crippen LogP contribution in [-0.2, 0) is 16.6 Å². The maximum atomic E-state index is 13.7. The molecule has 0 amide bonds. The van der Waals surface area contributed by atoms with Crippen molar-refractivity contribution in [3.05, 3.63) is 53.3 Å². The molecule has 0 radical (unpaired) electrons. The van der Waals surface area contributed by atoms with Crippen molar-refractivity contribution in [1.82, 2.24) is 14.8 Å². The third-order valence-corrected chi connectivity index (χ3v) is 5.41. The van der Waals surface area contributed by atoms with Crippen LogP contribution in [-0.4, -0.2) is 36.4 Å². The second-order valence-electron chi connectivity index (χ2n) is 5.92. The maximum Gasteiger partial charge on any atom is 1.00 e. The van der Waals surface area contributed by atoms with Crippen molar-refractivity contribution >= 4 is 15.7 Å². The van der Waals surface area contributed by atoms with E-state index < -0.39 is 15.8 Å². The summed E-state index contributed by atoms with van der Waals surface area (Å²) in [5, 5.41) is 4.21. The number of hydrogen-bond donors (Lipinski definition) is 0. The molecule has 3 aromatic rings. The number of ether oxygens (including phenoxy) is 2. The van der Waals surface area contributed by atoms with Crippen molar-refractivity contribution in [3.63, 3.8) is 0 Å². The fourth-order valence-corrected chi connectivity index (χ4v) is 4.02. The molecule has 8 nitrogen and oxygen atoms in total. The standard InChI is InChI=1S/C18H16FN4O4S.K/c1-2-26-16-4-3-12(19)9-17(16)28(24,25)22-13-10-14-15-5-6-21-23(15)7-8-27-18(14)20-11-13;/h3-6,9-11H,2,7-8H2,1H3;/q-1;+1. The van der Waals surface area contributed by atoms with Crippen LogP contribution in [0.1, 0.15) is 6.92 Å². The van der Waals surface area contributed by atoms with E-state index in [4.69, 9.17) is 9.47 Å². The Labute approximate surface area is 209 Å². The van der Waals surface area contributed by atoms with Crippen molar-refractivity contribution in [2.75, 3.05) is 13.2 Å². The van der Waals surface area contributed by atoms with Crippen molar-refractivity contribution in [1.29, 1.82) is 0 Å². The SMILES string of the molecule is CCOc1ccc(F)cc1S(=O)(=O)[N-]c1cnc2c(c1)-c1ccnn1CCO2.[K+]. The Balaban J connectivity index is 0.00000240. The van der Waals surface area contributed by atoms with Gasteiger partial charge < -0.3 is 14.2 Å². The van der Waals surface area contributed by atoms with Gasteiger partial charge in [-0.3, -0.25) is 4.68 Å². The summed E-state index contributed by atoms with van der Waals surface area (Å²) in [7, 11) is -4.23. The summed E-state index contributed by atoms with van der Waals surface area (Å²) in [4.78, 5) is 3.84. The quantitative estimate of drug-likeness (QED) is 0.527. The van der Waals surface area contributed by atoms with Crippen LogP contribution in [0, 0.1) is 5.82 Å². The Bertz CT molecular complexity index is 1140. The fraction of sp³-hybridized carbons (Fsp3) is 0.222. The second-order valence-corrected chi connectivity index (χ2v) is 7.50. The van der Waals surface area contributed by atoms with Crippen LogP contribution in [0.4, 0.5) is 10.1 Å². The van der Waals surface area contributed by atoms with Crippen LogP contribution in [0.2, 0.25) is 0 Å². The second kappa shape index (κ2) is 9.10. The molecule has 2 aromatic heterocycles. The molecule has 29 heavy (non-hydrogen) atoms. The van der Waals surface area contributed by atoms with Gasteiger partial charge in [0.1, 0.15) is 28.2 Å². The topological polar surface area (TPSA) is 97.4 Å². The van der Waals surface area contributed by atoms with Crippen molar-refractivity contribution in [3.8, 4) is 22.9 Å². The summed E-state index contributed by atoms with van der Waals surface area (Å²) < 4.78 is 55.7. The molecule has 3 heterocycles. The molecule has 0 saturated heterocycles. The predicted molar refractivity (Wildman–Crippen MR) is 98.7 cm³/mol. The van der Waals surface area contributed by atoms with E-state index >= 15 is 0 Å². The van der Waals surface area contributed by atoms with Crippen LogP contribution in [0.15, 0.2) is 47.6 Å². The number of hydrogen-bond acceptors (Lipinski definition) is 6. The van der Waals surface area contributed by atoms with E-state index in [1.54, 1.807) is 29.9 Å². The first-order chi connectivity index (χ1) is 13.5. The molecule has 0 bridgehead atoms. The van der Waals surface area contributed by atoms with Gasteiger partial charge in [0.2, 0.25) is 5.88 Å². The zero-order valence-corrected chi connectivity index (χ0v) is 19.8. The largest absolute Gasteiger partial charge is 1.00 e. The average molecular weight is 443 g/mol. The molecule has 0 unspecified atom stereocenters. The molecule has 146 valence electrons. The molecule has 0 spiro atoms. The first kappa shape index (κ1) is 22.2. The van der Waals surface area contributed by atoms with Crippen LogP contribution in [0.3, 0.4) is 0 Å². The summed E-state index contributed by atoms with van der Waals surface area (Å²) in [6.45, 7) is 2.88. The smallest absolute Gasteiger partial charge is 0.571 e. The number of benzene rings is 1. The van der Waals surface area contributed by atoms with E-state index in [-0.39, 0.29) is 74.3 Å². The Morgan fingerprint density at radius 3 is 2.93 bits per heavy atom. The third kappa shape index (κ3) is 4.65. The molecule has 0 fully saturated rings. The predicted octanol–water partition coefficient (Wildman–Crippen LogP) is 0.273. The first-order valence-electron chi connectivity index (χ1n) is 8.53. The van der Waals surface area contributed by atoms with Crippen LogP contribution >= 0.6 is 0 Å². The number of rotatable bonds is 5. The summed E-state index contributed by atoms with van der Waals surface area (Å²) in [6, 6.07) is 6.62. The Morgan fingerprint density at radius 1 is 1.31 bits per heavy atom. The minimum absolute atomic E-state index is 0. The molecule has 0 N–H and O–H groups in total. The summed E-state index contributed by atoms with van der Waals surface area (Å²) >= 11 is 0. The minimum Gasteiger partial charge on any atom is -0.571 e. The van der Waals surface area contributed by atoms with Gasteiger partial charge in [-0.2, -0.15) is 5.10 Å². The third-order valence-electron chi connectivity index (χ3n) is 4.08. The van der Waals surface area contributed by atoms with Crippen LogP contribution in [0.25, 0.3) is 16.0 Å². The molecular formula is C18H16FKN4O4S. The molecule has 0 aliphatic carbocycles. The van der Waals surface area contributed by atoms with Gasteiger partial charge in [0.15, 0.2) is 0 Å². The zero-order chi connectivity index (χ0) is 19.7. The zero-order valence-electron chi connectivity index (χ0n) is 15.9.